The Hall–Kier alpha value is -3.68. The second-order valence-corrected chi connectivity index (χ2v) is 13.9. The zero-order valence-electron chi connectivity index (χ0n) is 21.9. The molecule has 0 aromatic carbocycles. The van der Waals surface area contributed by atoms with Crippen LogP contribution in [0, 0.1) is 36.5 Å². The Balaban J connectivity index is 0.917. The molecule has 2 N–H and O–H groups in total. The fourth-order valence-electron chi connectivity index (χ4n) is 10.3. The van der Waals surface area contributed by atoms with E-state index in [0.717, 1.165) is 46.5 Å². The lowest BCUT2D eigenvalue weighted by atomic mass is 9.34. The van der Waals surface area contributed by atoms with Gasteiger partial charge >= 0.3 is 0 Å². The first-order valence-electron chi connectivity index (χ1n) is 14.2. The Morgan fingerprint density at radius 1 is 0.744 bits per heavy atom. The van der Waals surface area contributed by atoms with Crippen molar-refractivity contribution < 1.29 is 19.2 Å². The number of amides is 2. The van der Waals surface area contributed by atoms with Crippen LogP contribution in [0.1, 0.15) is 75.3 Å². The number of carbonyl (C=O) groups excluding carboxylic acids is 4. The lowest BCUT2D eigenvalue weighted by molar-refractivity contribution is -0.219. The fourth-order valence-corrected chi connectivity index (χ4v) is 10.3. The van der Waals surface area contributed by atoms with E-state index in [2.05, 4.69) is 9.97 Å². The van der Waals surface area contributed by atoms with Crippen LogP contribution in [0.15, 0.2) is 35.9 Å². The Morgan fingerprint density at radius 2 is 1.15 bits per heavy atom. The standard InChI is InChI=1S/C31H28N4O4/c1-14-7-32-24-18(36)3-20-30(22(14)24)5-16(30)9-34(20)26(38)28-11-29(12-28,13-28)27(39)35-10-17-6-31(17)21(35)4-19(37)25-23(31)15(2)8-33-25/h3-4,7-8,16-17,32-33H,5-6,9-13H2,1-2H3/t16-,17-,28?,29?,30+,31?/m1/s1. The molecular formula is C31H28N4O4. The Labute approximate surface area is 224 Å². The third-order valence-corrected chi connectivity index (χ3v) is 12.0. The number of piperidine rings is 2. The maximum absolute atomic E-state index is 14.0. The number of hydrogen-bond donors (Lipinski definition) is 2. The fraction of sp³-hybridized carbons (Fsp3) is 0.484. The highest BCUT2D eigenvalue weighted by Crippen LogP contribution is 2.77. The Kier molecular flexibility index (Phi) is 3.13. The van der Waals surface area contributed by atoms with E-state index in [1.54, 1.807) is 12.2 Å². The van der Waals surface area contributed by atoms with Crippen LogP contribution in [-0.4, -0.2) is 56.2 Å². The molecule has 4 atom stereocenters. The van der Waals surface area contributed by atoms with Crippen molar-refractivity contribution >= 4 is 23.4 Å². The molecule has 39 heavy (non-hydrogen) atoms. The smallest absolute Gasteiger partial charge is 0.233 e. The van der Waals surface area contributed by atoms with Crippen molar-refractivity contribution in [3.63, 3.8) is 0 Å². The second-order valence-electron chi connectivity index (χ2n) is 13.9. The van der Waals surface area contributed by atoms with Crippen LogP contribution in [-0.2, 0) is 20.4 Å². The van der Waals surface area contributed by atoms with Crippen LogP contribution in [0.4, 0.5) is 0 Å². The number of aromatic nitrogens is 2. The van der Waals surface area contributed by atoms with Crippen LogP contribution >= 0.6 is 0 Å². The van der Waals surface area contributed by atoms with Crippen molar-refractivity contribution in [3.05, 3.63) is 69.6 Å². The normalized spacial score (nSPS) is 40.8. The lowest BCUT2D eigenvalue weighted by Gasteiger charge is -2.69. The van der Waals surface area contributed by atoms with Crippen LogP contribution in [0.25, 0.3) is 0 Å². The van der Waals surface area contributed by atoms with Gasteiger partial charge in [-0.25, -0.2) is 0 Å². The number of rotatable bonds is 2. The maximum atomic E-state index is 14.0. The van der Waals surface area contributed by atoms with E-state index in [-0.39, 0.29) is 34.2 Å². The van der Waals surface area contributed by atoms with Crippen molar-refractivity contribution in [1.82, 2.24) is 19.8 Å². The number of H-pyrrole nitrogens is 2. The Bertz CT molecular complexity index is 1610. The van der Waals surface area contributed by atoms with E-state index in [9.17, 15) is 19.2 Å². The molecule has 2 amide bonds. The number of ketones is 2. The van der Waals surface area contributed by atoms with Gasteiger partial charge in [0.25, 0.3) is 0 Å². The lowest BCUT2D eigenvalue weighted by Crippen LogP contribution is -2.72. The molecule has 11 rings (SSSR count). The molecule has 2 aromatic heterocycles. The van der Waals surface area contributed by atoms with E-state index < -0.39 is 10.8 Å². The quantitative estimate of drug-likeness (QED) is 0.634. The van der Waals surface area contributed by atoms with Crippen LogP contribution < -0.4 is 0 Å². The SMILES string of the molecule is Cc1c[nH]c2c1C13C[C@@H]1CN(C(=O)C14CC(C(=O)N5C[C@H]6C[C@@]67C5=CC(=O)c5[nH]cc(C)c57)(C1)C4)C3=CC2=O. The predicted molar refractivity (Wildman–Crippen MR) is 138 cm³/mol. The molecule has 1 unspecified atom stereocenters. The maximum Gasteiger partial charge on any atom is 0.233 e. The average Bonchev–Trinajstić information content (AvgIpc) is 3.45. The third-order valence-electron chi connectivity index (χ3n) is 12.0. The first-order valence-corrected chi connectivity index (χ1v) is 14.2. The van der Waals surface area contributed by atoms with E-state index in [0.29, 0.717) is 55.6 Å². The van der Waals surface area contributed by atoms with E-state index in [1.807, 2.05) is 36.0 Å². The molecule has 9 aliphatic rings. The van der Waals surface area contributed by atoms with Crippen molar-refractivity contribution in [2.75, 3.05) is 13.1 Å². The zero-order chi connectivity index (χ0) is 26.4. The third kappa shape index (κ3) is 1.99. The minimum atomic E-state index is -0.494. The van der Waals surface area contributed by atoms with Gasteiger partial charge in [-0.1, -0.05) is 0 Å². The van der Waals surface area contributed by atoms with Gasteiger partial charge < -0.3 is 19.8 Å². The van der Waals surface area contributed by atoms with Crippen LogP contribution in [0.2, 0.25) is 0 Å². The molecule has 2 aromatic rings. The highest BCUT2D eigenvalue weighted by Gasteiger charge is 2.79. The van der Waals surface area contributed by atoms with Gasteiger partial charge in [0, 0.05) is 59.9 Å². The summed E-state index contributed by atoms with van der Waals surface area (Å²) in [7, 11) is 0. The molecule has 0 radical (unpaired) electrons. The number of nitrogens with one attached hydrogen (secondary N) is 2. The minimum Gasteiger partial charge on any atom is -0.358 e. The van der Waals surface area contributed by atoms with E-state index in [1.165, 1.54) is 0 Å². The first-order chi connectivity index (χ1) is 18.7. The summed E-state index contributed by atoms with van der Waals surface area (Å²) in [6, 6.07) is 0. The van der Waals surface area contributed by atoms with Gasteiger partial charge in [-0.3, -0.25) is 19.2 Å². The van der Waals surface area contributed by atoms with Crippen molar-refractivity contribution in [3.8, 4) is 0 Å². The number of aromatic amines is 2. The molecule has 4 heterocycles. The van der Waals surface area contributed by atoms with Gasteiger partial charge in [-0.05, 0) is 80.0 Å². The summed E-state index contributed by atoms with van der Waals surface area (Å²) < 4.78 is 0. The van der Waals surface area contributed by atoms with Gasteiger partial charge in [0.15, 0.2) is 0 Å². The highest BCUT2D eigenvalue weighted by molar-refractivity contribution is 6.10. The molecule has 5 saturated carbocycles. The summed E-state index contributed by atoms with van der Waals surface area (Å²) >= 11 is 0. The monoisotopic (exact) mass is 520 g/mol. The topological polar surface area (TPSA) is 106 Å². The number of nitrogens with zero attached hydrogens (tertiary/aromatic N) is 2. The molecule has 2 spiro atoms. The molecular weight excluding hydrogens is 492 g/mol. The summed E-state index contributed by atoms with van der Waals surface area (Å²) in [6.07, 6.45) is 10.9. The molecule has 2 saturated heterocycles. The molecule has 8 nitrogen and oxygen atoms in total. The van der Waals surface area contributed by atoms with Gasteiger partial charge in [0.2, 0.25) is 23.4 Å². The van der Waals surface area contributed by atoms with Gasteiger partial charge in [0.05, 0.1) is 22.2 Å². The summed E-state index contributed by atoms with van der Waals surface area (Å²) in [5, 5.41) is 0. The minimum absolute atomic E-state index is 0.0500. The van der Waals surface area contributed by atoms with Crippen LogP contribution in [0.3, 0.4) is 0 Å². The predicted octanol–water partition coefficient (Wildman–Crippen LogP) is 3.19. The number of allylic oxidation sites excluding steroid dienone is 4. The number of aryl methyl sites for hydroxylation is 2. The molecule has 8 heteroatoms. The second kappa shape index (κ2) is 5.76. The molecule has 2 bridgehead atoms. The molecule has 2 aliphatic heterocycles. The number of fused-ring (bicyclic) bond motifs is 2. The average molecular weight is 521 g/mol. The summed E-state index contributed by atoms with van der Waals surface area (Å²) in [6.45, 7) is 5.40. The number of hydrogen-bond acceptors (Lipinski definition) is 4. The van der Waals surface area contributed by atoms with E-state index in [4.69, 9.17) is 0 Å². The number of carbonyl (C=O) groups is 4. The van der Waals surface area contributed by atoms with Crippen LogP contribution in [0.5, 0.6) is 0 Å². The molecule has 7 aliphatic carbocycles. The first kappa shape index (κ1) is 21.2. The van der Waals surface area contributed by atoms with E-state index >= 15 is 0 Å². The van der Waals surface area contributed by atoms with Gasteiger partial charge in [-0.2, -0.15) is 0 Å². The molecule has 7 fully saturated rings. The van der Waals surface area contributed by atoms with Crippen molar-refractivity contribution in [1.29, 1.82) is 0 Å². The van der Waals surface area contributed by atoms with Crippen molar-refractivity contribution in [2.24, 2.45) is 22.7 Å². The summed E-state index contributed by atoms with van der Waals surface area (Å²) in [4.78, 5) is 63.9. The summed E-state index contributed by atoms with van der Waals surface area (Å²) in [5.41, 5.74) is 6.12. The molecule has 196 valence electrons. The number of likely N-dealkylation sites (tertiary alicyclic amines) is 2. The zero-order valence-corrected chi connectivity index (χ0v) is 21.9. The van der Waals surface area contributed by atoms with Crippen molar-refractivity contribution in [2.45, 2.75) is 56.8 Å². The highest BCUT2D eigenvalue weighted by atomic mass is 16.2. The van der Waals surface area contributed by atoms with Gasteiger partial charge in [-0.15, -0.1) is 0 Å². The summed E-state index contributed by atoms with van der Waals surface area (Å²) in [5.74, 6) is 0.820. The Morgan fingerprint density at radius 3 is 1.56 bits per heavy atom. The largest absolute Gasteiger partial charge is 0.358 e. The van der Waals surface area contributed by atoms with Gasteiger partial charge in [0.1, 0.15) is 0 Å².